The molecule has 0 aliphatic heterocycles. The van der Waals surface area contributed by atoms with Gasteiger partial charge >= 0.3 is 0 Å². The molecule has 0 spiro atoms. The molecule has 0 bridgehead atoms. The van der Waals surface area contributed by atoms with Crippen LogP contribution >= 0.6 is 11.6 Å². The lowest BCUT2D eigenvalue weighted by atomic mass is 10.1. The molecule has 1 aromatic rings. The fourth-order valence-electron chi connectivity index (χ4n) is 1.31. The number of nitrogens with one attached hydrogen (secondary N) is 1. The molecule has 2 unspecified atom stereocenters. The number of benzene rings is 1. The van der Waals surface area contributed by atoms with Crippen molar-refractivity contribution in [3.05, 3.63) is 34.9 Å². The standard InChI is InChI=1S/C11H16ClNO3/c12-10-4-2-1-3-9(10)11(16)6-13-5-8(15)7-14/h1-4,8,11,13-16H,5-7H2. The van der Waals surface area contributed by atoms with Crippen molar-refractivity contribution in [1.82, 2.24) is 5.32 Å². The SMILES string of the molecule is OCC(O)CNCC(O)c1ccccc1Cl. The van der Waals surface area contributed by atoms with Crippen LogP contribution in [0.2, 0.25) is 5.02 Å². The van der Waals surface area contributed by atoms with Gasteiger partial charge in [0, 0.05) is 23.7 Å². The summed E-state index contributed by atoms with van der Waals surface area (Å²) >= 11 is 5.91. The minimum Gasteiger partial charge on any atom is -0.394 e. The van der Waals surface area contributed by atoms with E-state index in [0.29, 0.717) is 10.6 Å². The summed E-state index contributed by atoms with van der Waals surface area (Å²) < 4.78 is 0. The van der Waals surface area contributed by atoms with Gasteiger partial charge in [0.2, 0.25) is 0 Å². The van der Waals surface area contributed by atoms with Crippen molar-refractivity contribution in [2.75, 3.05) is 19.7 Å². The van der Waals surface area contributed by atoms with E-state index in [1.807, 2.05) is 0 Å². The third kappa shape index (κ3) is 4.08. The van der Waals surface area contributed by atoms with Crippen LogP contribution in [0.5, 0.6) is 0 Å². The normalized spacial score (nSPS) is 14.8. The van der Waals surface area contributed by atoms with Crippen molar-refractivity contribution in [1.29, 1.82) is 0 Å². The van der Waals surface area contributed by atoms with Gasteiger partial charge in [0.1, 0.15) is 0 Å². The Morgan fingerprint density at radius 2 is 1.88 bits per heavy atom. The van der Waals surface area contributed by atoms with E-state index in [-0.39, 0.29) is 19.7 Å². The Hall–Kier alpha value is -0.650. The van der Waals surface area contributed by atoms with E-state index in [2.05, 4.69) is 5.32 Å². The number of halogens is 1. The van der Waals surface area contributed by atoms with Crippen LogP contribution in [0, 0.1) is 0 Å². The summed E-state index contributed by atoms with van der Waals surface area (Å²) in [6, 6.07) is 7.05. The second-order valence-corrected chi connectivity index (χ2v) is 3.94. The number of aliphatic hydroxyl groups is 3. The highest BCUT2D eigenvalue weighted by Crippen LogP contribution is 2.21. The van der Waals surface area contributed by atoms with Crippen LogP contribution in [-0.4, -0.2) is 41.1 Å². The lowest BCUT2D eigenvalue weighted by Gasteiger charge is -2.14. The Balaban J connectivity index is 2.41. The third-order valence-corrected chi connectivity index (χ3v) is 2.54. The smallest absolute Gasteiger partial charge is 0.0928 e. The van der Waals surface area contributed by atoms with Crippen molar-refractivity contribution < 1.29 is 15.3 Å². The molecule has 1 rings (SSSR count). The second-order valence-electron chi connectivity index (χ2n) is 3.53. The van der Waals surface area contributed by atoms with Crippen LogP contribution < -0.4 is 5.32 Å². The van der Waals surface area contributed by atoms with E-state index < -0.39 is 12.2 Å². The molecule has 1 aromatic carbocycles. The van der Waals surface area contributed by atoms with Crippen molar-refractivity contribution in [3.8, 4) is 0 Å². The molecule has 0 saturated heterocycles. The minimum atomic E-state index is -0.807. The van der Waals surface area contributed by atoms with Gasteiger partial charge in [0.15, 0.2) is 0 Å². The van der Waals surface area contributed by atoms with E-state index >= 15 is 0 Å². The van der Waals surface area contributed by atoms with E-state index in [9.17, 15) is 5.11 Å². The first-order chi connectivity index (χ1) is 7.65. The van der Waals surface area contributed by atoms with Crippen LogP contribution in [-0.2, 0) is 0 Å². The molecule has 16 heavy (non-hydrogen) atoms. The quantitative estimate of drug-likeness (QED) is 0.582. The highest BCUT2D eigenvalue weighted by Gasteiger charge is 2.11. The highest BCUT2D eigenvalue weighted by molar-refractivity contribution is 6.31. The van der Waals surface area contributed by atoms with Gasteiger partial charge in [-0.1, -0.05) is 29.8 Å². The van der Waals surface area contributed by atoms with Gasteiger partial charge in [-0.15, -0.1) is 0 Å². The summed E-state index contributed by atoms with van der Waals surface area (Å²) in [5, 5.41) is 30.8. The minimum absolute atomic E-state index is 0.234. The molecular weight excluding hydrogens is 230 g/mol. The molecule has 0 aromatic heterocycles. The Kier molecular flexibility index (Phi) is 5.73. The zero-order chi connectivity index (χ0) is 12.0. The Labute approximate surface area is 99.5 Å². The maximum Gasteiger partial charge on any atom is 0.0928 e. The summed E-state index contributed by atoms with van der Waals surface area (Å²) in [4.78, 5) is 0. The van der Waals surface area contributed by atoms with E-state index in [4.69, 9.17) is 21.8 Å². The Morgan fingerprint density at radius 1 is 1.19 bits per heavy atom. The van der Waals surface area contributed by atoms with Gasteiger partial charge < -0.3 is 20.6 Å². The third-order valence-electron chi connectivity index (χ3n) is 2.19. The molecule has 0 heterocycles. The average Bonchev–Trinajstić information content (AvgIpc) is 2.29. The summed E-state index contributed by atoms with van der Waals surface area (Å²) in [6.07, 6.45) is -1.53. The lowest BCUT2D eigenvalue weighted by molar-refractivity contribution is 0.0891. The number of hydrogen-bond acceptors (Lipinski definition) is 4. The monoisotopic (exact) mass is 245 g/mol. The second kappa shape index (κ2) is 6.83. The van der Waals surface area contributed by atoms with Crippen LogP contribution in [0.3, 0.4) is 0 Å². The van der Waals surface area contributed by atoms with Crippen LogP contribution in [0.15, 0.2) is 24.3 Å². The number of rotatable bonds is 6. The molecule has 0 aliphatic rings. The van der Waals surface area contributed by atoms with Crippen molar-refractivity contribution >= 4 is 11.6 Å². The number of aliphatic hydroxyl groups excluding tert-OH is 3. The fraction of sp³-hybridized carbons (Fsp3) is 0.455. The van der Waals surface area contributed by atoms with E-state index in [1.165, 1.54) is 0 Å². The molecule has 4 nitrogen and oxygen atoms in total. The largest absolute Gasteiger partial charge is 0.394 e. The molecule has 90 valence electrons. The lowest BCUT2D eigenvalue weighted by Crippen LogP contribution is -2.32. The van der Waals surface area contributed by atoms with Gasteiger partial charge in [-0.3, -0.25) is 0 Å². The van der Waals surface area contributed by atoms with E-state index in [0.717, 1.165) is 0 Å². The van der Waals surface area contributed by atoms with Gasteiger partial charge in [-0.2, -0.15) is 0 Å². The molecule has 5 heteroatoms. The summed E-state index contributed by atoms with van der Waals surface area (Å²) in [6.45, 7) is 0.216. The molecule has 0 aliphatic carbocycles. The van der Waals surface area contributed by atoms with Crippen molar-refractivity contribution in [3.63, 3.8) is 0 Å². The zero-order valence-electron chi connectivity index (χ0n) is 8.81. The predicted octanol–water partition coefficient (Wildman–Crippen LogP) is 0.316. The zero-order valence-corrected chi connectivity index (χ0v) is 9.56. The summed E-state index contributed by atoms with van der Waals surface area (Å²) in [7, 11) is 0. The Bertz CT molecular complexity index is 322. The maximum absolute atomic E-state index is 9.80. The summed E-state index contributed by atoms with van der Waals surface area (Å²) in [5.74, 6) is 0. The average molecular weight is 246 g/mol. The topological polar surface area (TPSA) is 72.7 Å². The van der Waals surface area contributed by atoms with Gasteiger partial charge in [0.05, 0.1) is 18.8 Å². The van der Waals surface area contributed by atoms with Crippen LogP contribution in [0.1, 0.15) is 11.7 Å². The molecule has 4 N–H and O–H groups in total. The van der Waals surface area contributed by atoms with Crippen LogP contribution in [0.4, 0.5) is 0 Å². The van der Waals surface area contributed by atoms with Gasteiger partial charge in [0.25, 0.3) is 0 Å². The van der Waals surface area contributed by atoms with Gasteiger partial charge in [-0.25, -0.2) is 0 Å². The highest BCUT2D eigenvalue weighted by atomic mass is 35.5. The molecule has 0 fully saturated rings. The molecule has 2 atom stereocenters. The van der Waals surface area contributed by atoms with Gasteiger partial charge in [-0.05, 0) is 6.07 Å². The molecular formula is C11H16ClNO3. The Morgan fingerprint density at radius 3 is 2.50 bits per heavy atom. The first kappa shape index (κ1) is 13.4. The number of hydrogen-bond donors (Lipinski definition) is 4. The maximum atomic E-state index is 9.80. The molecule has 0 saturated carbocycles. The van der Waals surface area contributed by atoms with E-state index in [1.54, 1.807) is 24.3 Å². The molecule has 0 amide bonds. The summed E-state index contributed by atoms with van der Waals surface area (Å²) in [5.41, 5.74) is 0.648. The first-order valence-corrected chi connectivity index (χ1v) is 5.45. The van der Waals surface area contributed by atoms with Crippen molar-refractivity contribution in [2.24, 2.45) is 0 Å². The molecule has 0 radical (unpaired) electrons. The van der Waals surface area contributed by atoms with Crippen molar-refractivity contribution in [2.45, 2.75) is 12.2 Å². The predicted molar refractivity (Wildman–Crippen MR) is 62.4 cm³/mol. The first-order valence-electron chi connectivity index (χ1n) is 5.07. The fourth-order valence-corrected chi connectivity index (χ4v) is 1.57. The van der Waals surface area contributed by atoms with Crippen LogP contribution in [0.25, 0.3) is 0 Å².